The lowest BCUT2D eigenvalue weighted by atomic mass is 10.0. The average Bonchev–Trinajstić information content (AvgIpc) is 3.29. The number of amides is 1. The van der Waals surface area contributed by atoms with E-state index in [-0.39, 0.29) is 31.5 Å². The molecule has 0 fully saturated rings. The normalized spacial score (nSPS) is 14.4. The topological polar surface area (TPSA) is 111 Å². The molecule has 10 heteroatoms. The van der Waals surface area contributed by atoms with E-state index in [1.54, 1.807) is 0 Å². The summed E-state index contributed by atoms with van der Waals surface area (Å²) in [6.07, 6.45) is 60.3. The summed E-state index contributed by atoms with van der Waals surface area (Å²) in [5, 5.41) is 3.04. The molecule has 0 radical (unpaired) electrons. The standard InChI is InChI=1S/C58H105N2O7P/c1-7-10-13-16-19-22-25-28-30-33-36-39-42-45-48-51-58(62)67-56(49-46-43-40-37-34-31-27-24-21-18-15-12-9-3)55(54-66-68(63,64)65-53-52-60(4,5)6)59-57(61)50-47-44-41-38-35-32-29-26-23-20-17-14-11-8-2/h10-11,13-14,16,19-20,22-23,25,46,49,55-56H,7-9,12,15,17-18,21,24,26-45,47-48,50-54H2,1-6H3,(H-,59,61,63,64)/p+1/b13-10+,14-11+,19-16+,23-20+,25-22+,49-46+. The van der Waals surface area contributed by atoms with Crippen LogP contribution in [0.25, 0.3) is 0 Å². The number of unbranched alkanes of at least 4 members (excludes halogenated alkanes) is 25. The molecular formula is C58H106N2O7P+. The molecule has 0 saturated carbocycles. The molecule has 0 aliphatic carbocycles. The van der Waals surface area contributed by atoms with Crippen LogP contribution < -0.4 is 5.32 Å². The number of quaternary nitrogens is 1. The molecule has 0 aromatic carbocycles. The van der Waals surface area contributed by atoms with Crippen molar-refractivity contribution in [1.82, 2.24) is 5.32 Å². The summed E-state index contributed by atoms with van der Waals surface area (Å²) in [6, 6.07) is -0.858. The van der Waals surface area contributed by atoms with Crippen LogP contribution in [0.2, 0.25) is 0 Å². The summed E-state index contributed by atoms with van der Waals surface area (Å²) in [6.45, 7) is 6.75. The van der Waals surface area contributed by atoms with Crippen LogP contribution in [-0.2, 0) is 27.9 Å². The van der Waals surface area contributed by atoms with Gasteiger partial charge in [-0.15, -0.1) is 0 Å². The van der Waals surface area contributed by atoms with Gasteiger partial charge in [-0.1, -0.05) is 216 Å². The van der Waals surface area contributed by atoms with Crippen LogP contribution >= 0.6 is 7.82 Å². The number of likely N-dealkylation sites (N-methyl/N-ethyl adjacent to an activating group) is 1. The third kappa shape index (κ3) is 48.5. The van der Waals surface area contributed by atoms with E-state index in [9.17, 15) is 19.0 Å². The van der Waals surface area contributed by atoms with Gasteiger partial charge in [0.25, 0.3) is 0 Å². The van der Waals surface area contributed by atoms with Gasteiger partial charge in [0, 0.05) is 12.8 Å². The highest BCUT2D eigenvalue weighted by Crippen LogP contribution is 2.43. The summed E-state index contributed by atoms with van der Waals surface area (Å²) in [5.41, 5.74) is 0. The number of carbonyl (C=O) groups excluding carboxylic acids is 2. The highest BCUT2D eigenvalue weighted by atomic mass is 31.2. The van der Waals surface area contributed by atoms with Crippen molar-refractivity contribution in [3.05, 3.63) is 72.9 Å². The number of rotatable bonds is 49. The van der Waals surface area contributed by atoms with E-state index in [1.807, 2.05) is 33.3 Å². The van der Waals surface area contributed by atoms with Gasteiger partial charge in [-0.2, -0.15) is 0 Å². The van der Waals surface area contributed by atoms with Crippen LogP contribution in [0.5, 0.6) is 0 Å². The zero-order valence-corrected chi connectivity index (χ0v) is 45.7. The Kier molecular flexibility index (Phi) is 46.3. The van der Waals surface area contributed by atoms with Gasteiger partial charge in [0.15, 0.2) is 0 Å². The fraction of sp³-hybridized carbons (Fsp3) is 0.759. The summed E-state index contributed by atoms with van der Waals surface area (Å²) in [7, 11) is 1.47. The molecule has 0 aromatic heterocycles. The molecule has 394 valence electrons. The summed E-state index contributed by atoms with van der Waals surface area (Å²) >= 11 is 0. The first-order valence-corrected chi connectivity index (χ1v) is 29.3. The lowest BCUT2D eigenvalue weighted by Gasteiger charge is -2.27. The van der Waals surface area contributed by atoms with Gasteiger partial charge in [0.1, 0.15) is 19.3 Å². The number of hydrogen-bond donors (Lipinski definition) is 2. The third-order valence-electron chi connectivity index (χ3n) is 12.0. The highest BCUT2D eigenvalue weighted by molar-refractivity contribution is 7.47. The van der Waals surface area contributed by atoms with E-state index < -0.39 is 20.0 Å². The van der Waals surface area contributed by atoms with Crippen molar-refractivity contribution >= 4 is 19.7 Å². The average molecular weight is 974 g/mol. The maximum Gasteiger partial charge on any atom is 0.472 e. The van der Waals surface area contributed by atoms with E-state index in [1.165, 1.54) is 96.3 Å². The van der Waals surface area contributed by atoms with Crippen molar-refractivity contribution in [3.8, 4) is 0 Å². The Balaban J connectivity index is 5.43. The first-order valence-electron chi connectivity index (χ1n) is 27.8. The number of ether oxygens (including phenoxy) is 1. The fourth-order valence-corrected chi connectivity index (χ4v) is 8.42. The van der Waals surface area contributed by atoms with Crippen LogP contribution in [-0.4, -0.2) is 74.3 Å². The molecule has 3 atom stereocenters. The van der Waals surface area contributed by atoms with Gasteiger partial charge in [0.2, 0.25) is 5.91 Å². The third-order valence-corrected chi connectivity index (χ3v) is 12.9. The quantitative estimate of drug-likeness (QED) is 0.0156. The first-order chi connectivity index (χ1) is 32.9. The zero-order valence-electron chi connectivity index (χ0n) is 44.8. The number of esters is 1. The fourth-order valence-electron chi connectivity index (χ4n) is 7.68. The minimum absolute atomic E-state index is 0.0339. The van der Waals surface area contributed by atoms with E-state index in [4.69, 9.17) is 13.8 Å². The smallest absolute Gasteiger partial charge is 0.456 e. The van der Waals surface area contributed by atoms with Crippen LogP contribution in [0.15, 0.2) is 72.9 Å². The lowest BCUT2D eigenvalue weighted by Crippen LogP contribution is -2.47. The SMILES string of the molecule is CC/C=C/C=C/C=C/CCCCCCCCCC(=O)OC(/C=C/CCCCCCCCCCCCC)C(COP(=O)(O)OCC[N+](C)(C)C)NC(=O)CCCCCCCCC/C=C/C/C=C/CC. The predicted octanol–water partition coefficient (Wildman–Crippen LogP) is 16.5. The van der Waals surface area contributed by atoms with Crippen LogP contribution in [0, 0.1) is 0 Å². The molecule has 0 spiro atoms. The Morgan fingerprint density at radius 3 is 1.56 bits per heavy atom. The van der Waals surface area contributed by atoms with Gasteiger partial charge < -0.3 is 19.4 Å². The Morgan fingerprint density at radius 1 is 0.544 bits per heavy atom. The molecule has 9 nitrogen and oxygen atoms in total. The Bertz CT molecular complexity index is 1400. The van der Waals surface area contributed by atoms with Crippen LogP contribution in [0.4, 0.5) is 0 Å². The summed E-state index contributed by atoms with van der Waals surface area (Å²) < 4.78 is 30.6. The van der Waals surface area contributed by atoms with E-state index in [0.717, 1.165) is 103 Å². The molecule has 2 N–H and O–H groups in total. The minimum Gasteiger partial charge on any atom is -0.456 e. The molecule has 1 amide bonds. The van der Waals surface area contributed by atoms with Gasteiger partial charge in [-0.3, -0.25) is 18.6 Å². The van der Waals surface area contributed by atoms with E-state index in [0.29, 0.717) is 17.4 Å². The lowest BCUT2D eigenvalue weighted by molar-refractivity contribution is -0.870. The summed E-state index contributed by atoms with van der Waals surface area (Å²) in [5.74, 6) is -0.531. The summed E-state index contributed by atoms with van der Waals surface area (Å²) in [4.78, 5) is 37.5. The number of phosphoric acid groups is 1. The van der Waals surface area contributed by atoms with Crippen molar-refractivity contribution < 1.29 is 37.3 Å². The number of allylic oxidation sites excluding steroid dienone is 11. The molecule has 0 aromatic rings. The van der Waals surface area contributed by atoms with Crippen molar-refractivity contribution in [1.29, 1.82) is 0 Å². The van der Waals surface area contributed by atoms with E-state index >= 15 is 0 Å². The molecule has 0 rings (SSSR count). The molecule has 0 aliphatic heterocycles. The predicted molar refractivity (Wildman–Crippen MR) is 291 cm³/mol. The molecule has 3 unspecified atom stereocenters. The Hall–Kier alpha value is -2.55. The van der Waals surface area contributed by atoms with E-state index in [2.05, 4.69) is 86.8 Å². The van der Waals surface area contributed by atoms with Crippen molar-refractivity contribution in [2.45, 2.75) is 245 Å². The van der Waals surface area contributed by atoms with Crippen molar-refractivity contribution in [2.75, 3.05) is 40.9 Å². The zero-order chi connectivity index (χ0) is 50.1. The molecule has 0 heterocycles. The number of nitrogens with one attached hydrogen (secondary N) is 1. The Morgan fingerprint density at radius 2 is 1.01 bits per heavy atom. The monoisotopic (exact) mass is 974 g/mol. The van der Waals surface area contributed by atoms with Crippen molar-refractivity contribution in [3.63, 3.8) is 0 Å². The first kappa shape index (κ1) is 65.5. The van der Waals surface area contributed by atoms with Gasteiger partial charge in [-0.05, 0) is 76.7 Å². The van der Waals surface area contributed by atoms with Gasteiger partial charge >= 0.3 is 13.8 Å². The Labute approximate surface area is 419 Å². The maximum absolute atomic E-state index is 13.5. The number of nitrogens with zero attached hydrogens (tertiary/aromatic N) is 1. The molecular weight excluding hydrogens is 868 g/mol. The second kappa shape index (κ2) is 48.1. The molecule has 0 aliphatic rings. The molecule has 0 saturated heterocycles. The largest absolute Gasteiger partial charge is 0.472 e. The number of carbonyl (C=O) groups is 2. The van der Waals surface area contributed by atoms with Crippen molar-refractivity contribution in [2.24, 2.45) is 0 Å². The van der Waals surface area contributed by atoms with Gasteiger partial charge in [-0.25, -0.2) is 4.57 Å². The van der Waals surface area contributed by atoms with Gasteiger partial charge in [0.05, 0.1) is 33.8 Å². The van der Waals surface area contributed by atoms with Crippen LogP contribution in [0.3, 0.4) is 0 Å². The minimum atomic E-state index is -4.45. The van der Waals surface area contributed by atoms with Crippen LogP contribution in [0.1, 0.15) is 233 Å². The second-order valence-electron chi connectivity index (χ2n) is 19.8. The second-order valence-corrected chi connectivity index (χ2v) is 21.2. The number of hydrogen-bond acceptors (Lipinski definition) is 6. The molecule has 68 heavy (non-hydrogen) atoms. The maximum atomic E-state index is 13.5. The highest BCUT2D eigenvalue weighted by Gasteiger charge is 2.30. The molecule has 0 bridgehead atoms. The number of phosphoric ester groups is 1.